The lowest BCUT2D eigenvalue weighted by atomic mass is 10.2. The fraction of sp³-hybridized carbons (Fsp3) is 0.500. The summed E-state index contributed by atoms with van der Waals surface area (Å²) in [5.41, 5.74) is 0. The van der Waals surface area contributed by atoms with Gasteiger partial charge in [0.1, 0.15) is 5.78 Å². The molecule has 1 aliphatic heterocycles. The Hall–Kier alpha value is -0.710. The van der Waals surface area contributed by atoms with E-state index in [2.05, 4.69) is 0 Å². The first-order valence-electron chi connectivity index (χ1n) is 4.62. The Bertz CT molecular complexity index is 288. The third-order valence-corrected chi connectivity index (χ3v) is 2.91. The van der Waals surface area contributed by atoms with Crippen LogP contribution in [0.2, 0.25) is 0 Å². The molecule has 1 aromatic rings. The number of rotatable bonds is 4. The van der Waals surface area contributed by atoms with Gasteiger partial charge in [-0.1, -0.05) is 6.07 Å². The zero-order valence-corrected chi connectivity index (χ0v) is 8.59. The molecule has 76 valence electrons. The van der Waals surface area contributed by atoms with Crippen molar-refractivity contribution in [2.75, 3.05) is 13.2 Å². The minimum Gasteiger partial charge on any atom is -0.350 e. The third-order valence-electron chi connectivity index (χ3n) is 2.04. The van der Waals surface area contributed by atoms with Crippen molar-refractivity contribution >= 4 is 17.1 Å². The van der Waals surface area contributed by atoms with Crippen LogP contribution >= 0.6 is 11.3 Å². The summed E-state index contributed by atoms with van der Waals surface area (Å²) in [6.07, 6.45) is 0.571. The predicted octanol–water partition coefficient (Wildman–Crippen LogP) is 1.62. The third kappa shape index (κ3) is 2.64. The Morgan fingerprint density at radius 2 is 2.29 bits per heavy atom. The molecule has 1 saturated heterocycles. The van der Waals surface area contributed by atoms with Crippen LogP contribution in [0.25, 0.3) is 0 Å². The van der Waals surface area contributed by atoms with Crippen LogP contribution in [0.15, 0.2) is 17.5 Å². The number of hydrogen-bond donors (Lipinski definition) is 0. The molecule has 4 heteroatoms. The Balaban J connectivity index is 1.78. The normalized spacial score (nSPS) is 17.4. The van der Waals surface area contributed by atoms with Crippen molar-refractivity contribution in [1.29, 1.82) is 0 Å². The molecule has 0 spiro atoms. The van der Waals surface area contributed by atoms with E-state index >= 15 is 0 Å². The number of Topliss-reactive ketones (excluding diaryl/α,β-unsaturated/α-hetero) is 1. The number of carbonyl (C=O) groups is 1. The van der Waals surface area contributed by atoms with Gasteiger partial charge < -0.3 is 9.47 Å². The molecular formula is C10H12O3S. The van der Waals surface area contributed by atoms with Gasteiger partial charge in [-0.25, -0.2) is 0 Å². The van der Waals surface area contributed by atoms with Gasteiger partial charge in [-0.2, -0.15) is 0 Å². The van der Waals surface area contributed by atoms with Crippen LogP contribution in [0.3, 0.4) is 0 Å². The van der Waals surface area contributed by atoms with E-state index in [0.717, 1.165) is 4.88 Å². The van der Waals surface area contributed by atoms with Crippen molar-refractivity contribution in [3.05, 3.63) is 22.4 Å². The van der Waals surface area contributed by atoms with E-state index in [0.29, 0.717) is 26.1 Å². The second kappa shape index (κ2) is 4.68. The first-order valence-corrected chi connectivity index (χ1v) is 5.50. The quantitative estimate of drug-likeness (QED) is 0.760. The van der Waals surface area contributed by atoms with E-state index in [1.165, 1.54) is 0 Å². The molecule has 0 unspecified atom stereocenters. The number of carbonyl (C=O) groups excluding carboxylic acids is 1. The molecule has 1 fully saturated rings. The summed E-state index contributed by atoms with van der Waals surface area (Å²) in [5, 5.41) is 1.98. The zero-order valence-electron chi connectivity index (χ0n) is 7.77. The lowest BCUT2D eigenvalue weighted by Crippen LogP contribution is -2.15. The van der Waals surface area contributed by atoms with Gasteiger partial charge in [-0.05, 0) is 11.4 Å². The molecule has 2 heterocycles. The van der Waals surface area contributed by atoms with Gasteiger partial charge in [0, 0.05) is 11.3 Å². The molecule has 1 aromatic heterocycles. The van der Waals surface area contributed by atoms with Crippen LogP contribution in [-0.4, -0.2) is 25.3 Å². The lowest BCUT2D eigenvalue weighted by molar-refractivity contribution is -0.126. The zero-order chi connectivity index (χ0) is 9.80. The molecule has 0 saturated carbocycles. The predicted molar refractivity (Wildman–Crippen MR) is 53.3 cm³/mol. The van der Waals surface area contributed by atoms with Gasteiger partial charge in [-0.15, -0.1) is 11.3 Å². The number of thiophene rings is 1. The van der Waals surface area contributed by atoms with Gasteiger partial charge >= 0.3 is 0 Å². The number of ether oxygens (including phenoxy) is 2. The molecule has 1 aliphatic rings. The second-order valence-electron chi connectivity index (χ2n) is 3.17. The molecule has 0 bridgehead atoms. The molecule has 2 rings (SSSR count). The van der Waals surface area contributed by atoms with Gasteiger partial charge in [0.15, 0.2) is 6.29 Å². The highest BCUT2D eigenvalue weighted by Gasteiger charge is 2.19. The Morgan fingerprint density at radius 1 is 1.50 bits per heavy atom. The molecule has 0 amide bonds. The molecule has 0 atom stereocenters. The average molecular weight is 212 g/mol. The fourth-order valence-corrected chi connectivity index (χ4v) is 2.12. The summed E-state index contributed by atoms with van der Waals surface area (Å²) in [6, 6.07) is 3.93. The maximum Gasteiger partial charge on any atom is 0.164 e. The smallest absolute Gasteiger partial charge is 0.164 e. The highest BCUT2D eigenvalue weighted by Crippen LogP contribution is 2.13. The van der Waals surface area contributed by atoms with Gasteiger partial charge in [0.25, 0.3) is 0 Å². The monoisotopic (exact) mass is 212 g/mol. The van der Waals surface area contributed by atoms with E-state index in [-0.39, 0.29) is 12.1 Å². The van der Waals surface area contributed by atoms with Crippen molar-refractivity contribution < 1.29 is 14.3 Å². The highest BCUT2D eigenvalue weighted by atomic mass is 32.1. The van der Waals surface area contributed by atoms with E-state index in [4.69, 9.17) is 9.47 Å². The summed E-state index contributed by atoms with van der Waals surface area (Å²) in [7, 11) is 0. The molecule has 0 aromatic carbocycles. The van der Waals surface area contributed by atoms with E-state index in [1.807, 2.05) is 17.5 Å². The molecule has 0 N–H and O–H groups in total. The van der Waals surface area contributed by atoms with Crippen LogP contribution in [0.1, 0.15) is 11.3 Å². The first kappa shape index (κ1) is 9.83. The summed E-state index contributed by atoms with van der Waals surface area (Å²) in [5.74, 6) is 0.180. The maximum atomic E-state index is 11.5. The van der Waals surface area contributed by atoms with Crippen molar-refractivity contribution in [1.82, 2.24) is 0 Å². The maximum absolute atomic E-state index is 11.5. The molecule has 0 radical (unpaired) electrons. The van der Waals surface area contributed by atoms with Crippen molar-refractivity contribution in [2.45, 2.75) is 19.1 Å². The summed E-state index contributed by atoms with van der Waals surface area (Å²) in [6.45, 7) is 1.22. The average Bonchev–Trinajstić information content (AvgIpc) is 2.76. The van der Waals surface area contributed by atoms with Crippen molar-refractivity contribution in [3.8, 4) is 0 Å². The van der Waals surface area contributed by atoms with Gasteiger partial charge in [0.2, 0.25) is 0 Å². The standard InChI is InChI=1S/C10H12O3S/c11-8(6-9-2-1-5-14-9)7-10-12-3-4-13-10/h1-2,5,10H,3-4,6-7H2. The van der Waals surface area contributed by atoms with Crippen LogP contribution in [-0.2, 0) is 20.7 Å². The number of ketones is 1. The minimum atomic E-state index is -0.303. The van der Waals surface area contributed by atoms with Crippen molar-refractivity contribution in [3.63, 3.8) is 0 Å². The summed E-state index contributed by atoms with van der Waals surface area (Å²) >= 11 is 1.61. The fourth-order valence-electron chi connectivity index (χ4n) is 1.39. The topological polar surface area (TPSA) is 35.5 Å². The Labute approximate surface area is 86.6 Å². The number of hydrogen-bond acceptors (Lipinski definition) is 4. The minimum absolute atomic E-state index is 0.180. The van der Waals surface area contributed by atoms with Crippen molar-refractivity contribution in [2.24, 2.45) is 0 Å². The van der Waals surface area contributed by atoms with Gasteiger partial charge in [-0.3, -0.25) is 4.79 Å². The second-order valence-corrected chi connectivity index (χ2v) is 4.20. The molecule has 0 aliphatic carbocycles. The van der Waals surface area contributed by atoms with E-state index < -0.39 is 0 Å². The SMILES string of the molecule is O=C(Cc1cccs1)CC1OCCO1. The van der Waals surface area contributed by atoms with Crippen LogP contribution in [0.4, 0.5) is 0 Å². The Kier molecular flexibility index (Phi) is 3.29. The van der Waals surface area contributed by atoms with E-state index in [1.54, 1.807) is 11.3 Å². The first-order chi connectivity index (χ1) is 6.84. The summed E-state index contributed by atoms with van der Waals surface area (Å²) < 4.78 is 10.4. The lowest BCUT2D eigenvalue weighted by Gasteiger charge is -2.06. The molecule has 14 heavy (non-hydrogen) atoms. The van der Waals surface area contributed by atoms with Crippen LogP contribution < -0.4 is 0 Å². The molecule has 3 nitrogen and oxygen atoms in total. The van der Waals surface area contributed by atoms with E-state index in [9.17, 15) is 4.79 Å². The van der Waals surface area contributed by atoms with Crippen LogP contribution in [0, 0.1) is 0 Å². The highest BCUT2D eigenvalue weighted by molar-refractivity contribution is 7.10. The summed E-state index contributed by atoms with van der Waals surface area (Å²) in [4.78, 5) is 12.6. The van der Waals surface area contributed by atoms with Crippen LogP contribution in [0.5, 0.6) is 0 Å². The Morgan fingerprint density at radius 3 is 2.93 bits per heavy atom. The molecular weight excluding hydrogens is 200 g/mol. The van der Waals surface area contributed by atoms with Gasteiger partial charge in [0.05, 0.1) is 19.6 Å². The largest absolute Gasteiger partial charge is 0.350 e.